The van der Waals surface area contributed by atoms with Gasteiger partial charge < -0.3 is 19.5 Å². The van der Waals surface area contributed by atoms with Crippen LogP contribution in [0.5, 0.6) is 17.2 Å². The molecule has 2 aromatic rings. The molecule has 2 rings (SSSR count). The number of anilines is 1. The van der Waals surface area contributed by atoms with Crippen LogP contribution in [0.4, 0.5) is 5.69 Å². The van der Waals surface area contributed by atoms with Crippen LogP contribution in [0.25, 0.3) is 6.08 Å². The average Bonchev–Trinajstić information content (AvgIpc) is 2.64. The lowest BCUT2D eigenvalue weighted by atomic mass is 10.1. The molecular weight excluding hydrogens is 356 g/mol. The van der Waals surface area contributed by atoms with Gasteiger partial charge in [0.15, 0.2) is 11.5 Å². The van der Waals surface area contributed by atoms with Gasteiger partial charge in [0, 0.05) is 10.7 Å². The lowest BCUT2D eigenvalue weighted by Gasteiger charge is -2.13. The first kappa shape index (κ1) is 19.2. The molecule has 0 heterocycles. The minimum absolute atomic E-state index is 0.0840. The van der Waals surface area contributed by atoms with Gasteiger partial charge in [-0.2, -0.15) is 5.26 Å². The third-order valence-electron chi connectivity index (χ3n) is 3.45. The molecule has 0 radical (unpaired) electrons. The fourth-order valence-corrected chi connectivity index (χ4v) is 2.45. The van der Waals surface area contributed by atoms with Gasteiger partial charge >= 0.3 is 0 Å². The molecule has 134 valence electrons. The smallest absolute Gasteiger partial charge is 0.266 e. The number of hydrogen-bond donors (Lipinski definition) is 1. The summed E-state index contributed by atoms with van der Waals surface area (Å²) in [7, 11) is 4.47. The van der Waals surface area contributed by atoms with E-state index in [1.165, 1.54) is 27.4 Å². The highest BCUT2D eigenvalue weighted by Gasteiger charge is 2.15. The van der Waals surface area contributed by atoms with Gasteiger partial charge in [-0.3, -0.25) is 4.79 Å². The van der Waals surface area contributed by atoms with Crippen LogP contribution in [0.15, 0.2) is 42.0 Å². The minimum atomic E-state index is -0.552. The third kappa shape index (κ3) is 4.47. The fourth-order valence-electron chi connectivity index (χ4n) is 2.26. The van der Waals surface area contributed by atoms with Crippen molar-refractivity contribution < 1.29 is 19.0 Å². The Morgan fingerprint density at radius 1 is 1.12 bits per heavy atom. The number of halogens is 1. The second-order valence-corrected chi connectivity index (χ2v) is 5.53. The predicted molar refractivity (Wildman–Crippen MR) is 99.8 cm³/mol. The van der Waals surface area contributed by atoms with Gasteiger partial charge in [0.25, 0.3) is 5.91 Å². The quantitative estimate of drug-likeness (QED) is 0.614. The largest absolute Gasteiger partial charge is 0.493 e. The first-order valence-corrected chi connectivity index (χ1v) is 7.89. The van der Waals surface area contributed by atoms with E-state index in [2.05, 4.69) is 5.32 Å². The standard InChI is InChI=1S/C19H17ClN2O4/c1-24-16-8-12(9-17(25-2)18(16)26-3)7-13(11-21)19(23)22-15-6-4-5-14(20)10-15/h4-10H,1-3H3,(H,22,23)/b13-7-. The number of hydrogen-bond acceptors (Lipinski definition) is 5. The maximum atomic E-state index is 12.4. The number of ether oxygens (including phenoxy) is 3. The molecule has 0 saturated carbocycles. The summed E-state index contributed by atoms with van der Waals surface area (Å²) in [5.74, 6) is 0.717. The van der Waals surface area contributed by atoms with Crippen molar-refractivity contribution in [3.63, 3.8) is 0 Å². The first-order chi connectivity index (χ1) is 12.5. The van der Waals surface area contributed by atoms with E-state index in [-0.39, 0.29) is 5.57 Å². The van der Waals surface area contributed by atoms with E-state index in [1.54, 1.807) is 36.4 Å². The summed E-state index contributed by atoms with van der Waals surface area (Å²) in [6.45, 7) is 0. The van der Waals surface area contributed by atoms with E-state index < -0.39 is 5.91 Å². The van der Waals surface area contributed by atoms with Crippen molar-refractivity contribution in [1.29, 1.82) is 5.26 Å². The second kappa shape index (κ2) is 8.79. The van der Waals surface area contributed by atoms with Crippen molar-refractivity contribution in [2.45, 2.75) is 0 Å². The number of carbonyl (C=O) groups is 1. The Morgan fingerprint density at radius 2 is 1.77 bits per heavy atom. The first-order valence-electron chi connectivity index (χ1n) is 7.51. The Hall–Kier alpha value is -3.17. The molecule has 1 amide bonds. The number of amides is 1. The highest BCUT2D eigenvalue weighted by molar-refractivity contribution is 6.31. The van der Waals surface area contributed by atoms with Gasteiger partial charge in [0.1, 0.15) is 11.6 Å². The Morgan fingerprint density at radius 3 is 2.27 bits per heavy atom. The van der Waals surface area contributed by atoms with Crippen molar-refractivity contribution in [1.82, 2.24) is 0 Å². The highest BCUT2D eigenvalue weighted by atomic mass is 35.5. The lowest BCUT2D eigenvalue weighted by Crippen LogP contribution is -2.13. The lowest BCUT2D eigenvalue weighted by molar-refractivity contribution is -0.112. The SMILES string of the molecule is COc1cc(/C=C(/C#N)C(=O)Nc2cccc(Cl)c2)cc(OC)c1OC. The van der Waals surface area contributed by atoms with Gasteiger partial charge in [-0.15, -0.1) is 0 Å². The average molecular weight is 373 g/mol. The summed E-state index contributed by atoms with van der Waals surface area (Å²) >= 11 is 5.90. The topological polar surface area (TPSA) is 80.6 Å². The second-order valence-electron chi connectivity index (χ2n) is 5.09. The molecule has 0 aliphatic heterocycles. The van der Waals surface area contributed by atoms with E-state index in [1.807, 2.05) is 6.07 Å². The maximum absolute atomic E-state index is 12.4. The zero-order chi connectivity index (χ0) is 19.1. The third-order valence-corrected chi connectivity index (χ3v) is 3.68. The molecule has 0 fully saturated rings. The molecule has 2 aromatic carbocycles. The summed E-state index contributed by atoms with van der Waals surface area (Å²) in [4.78, 5) is 12.4. The van der Waals surface area contributed by atoms with E-state index in [0.717, 1.165) is 0 Å². The van der Waals surface area contributed by atoms with Crippen LogP contribution < -0.4 is 19.5 Å². The van der Waals surface area contributed by atoms with Crippen molar-refractivity contribution in [2.75, 3.05) is 26.6 Å². The predicted octanol–water partition coefficient (Wildman–Crippen LogP) is 3.91. The molecule has 0 bridgehead atoms. The Bertz CT molecular complexity index is 862. The molecule has 0 atom stereocenters. The van der Waals surface area contributed by atoms with Gasteiger partial charge in [-0.05, 0) is 42.0 Å². The molecule has 26 heavy (non-hydrogen) atoms. The molecule has 0 spiro atoms. The number of nitrogens with one attached hydrogen (secondary N) is 1. The number of carbonyl (C=O) groups excluding carboxylic acids is 1. The van der Waals surface area contributed by atoms with Crippen molar-refractivity contribution in [2.24, 2.45) is 0 Å². The highest BCUT2D eigenvalue weighted by Crippen LogP contribution is 2.38. The van der Waals surface area contributed by atoms with Gasteiger partial charge in [0.2, 0.25) is 5.75 Å². The molecule has 0 aliphatic rings. The van der Waals surface area contributed by atoms with Gasteiger partial charge in [-0.25, -0.2) is 0 Å². The van der Waals surface area contributed by atoms with E-state index in [0.29, 0.717) is 33.5 Å². The number of methoxy groups -OCH3 is 3. The minimum Gasteiger partial charge on any atom is -0.493 e. The van der Waals surface area contributed by atoms with Crippen molar-refractivity contribution >= 4 is 29.3 Å². The number of rotatable bonds is 6. The molecule has 7 heteroatoms. The molecule has 0 aromatic heterocycles. The van der Waals surface area contributed by atoms with Crippen LogP contribution >= 0.6 is 11.6 Å². The molecule has 0 aliphatic carbocycles. The maximum Gasteiger partial charge on any atom is 0.266 e. The summed E-state index contributed by atoms with van der Waals surface area (Å²) < 4.78 is 15.8. The number of benzene rings is 2. The van der Waals surface area contributed by atoms with Gasteiger partial charge in [-0.1, -0.05) is 17.7 Å². The van der Waals surface area contributed by atoms with Crippen LogP contribution in [-0.4, -0.2) is 27.2 Å². The van der Waals surface area contributed by atoms with Crippen LogP contribution in [0.1, 0.15) is 5.56 Å². The summed E-state index contributed by atoms with van der Waals surface area (Å²) in [6.07, 6.45) is 1.43. The number of nitriles is 1. The van der Waals surface area contributed by atoms with Gasteiger partial charge in [0.05, 0.1) is 21.3 Å². The number of nitrogens with zero attached hydrogens (tertiary/aromatic N) is 1. The van der Waals surface area contributed by atoms with E-state index in [9.17, 15) is 10.1 Å². The van der Waals surface area contributed by atoms with Crippen LogP contribution in [-0.2, 0) is 4.79 Å². The summed E-state index contributed by atoms with van der Waals surface area (Å²) in [5, 5.41) is 12.5. The zero-order valence-electron chi connectivity index (χ0n) is 14.5. The molecule has 6 nitrogen and oxygen atoms in total. The molecule has 1 N–H and O–H groups in total. The Kier molecular flexibility index (Phi) is 6.48. The van der Waals surface area contributed by atoms with E-state index >= 15 is 0 Å². The van der Waals surface area contributed by atoms with Crippen molar-refractivity contribution in [3.8, 4) is 23.3 Å². The van der Waals surface area contributed by atoms with Crippen LogP contribution in [0.3, 0.4) is 0 Å². The fraction of sp³-hybridized carbons (Fsp3) is 0.158. The summed E-state index contributed by atoms with van der Waals surface area (Å²) in [5.41, 5.74) is 0.963. The van der Waals surface area contributed by atoms with E-state index in [4.69, 9.17) is 25.8 Å². The zero-order valence-corrected chi connectivity index (χ0v) is 15.3. The van der Waals surface area contributed by atoms with Crippen molar-refractivity contribution in [3.05, 3.63) is 52.6 Å². The Balaban J connectivity index is 2.36. The van der Waals surface area contributed by atoms with Crippen LogP contribution in [0, 0.1) is 11.3 Å². The molecule has 0 saturated heterocycles. The Labute approximate surface area is 156 Å². The molecular formula is C19H17ClN2O4. The molecule has 0 unspecified atom stereocenters. The summed E-state index contributed by atoms with van der Waals surface area (Å²) in [6, 6.07) is 11.8. The normalized spacial score (nSPS) is 10.7. The monoisotopic (exact) mass is 372 g/mol. The van der Waals surface area contributed by atoms with Crippen LogP contribution in [0.2, 0.25) is 5.02 Å².